The van der Waals surface area contributed by atoms with Crippen LogP contribution in [0.4, 0.5) is 0 Å². The lowest BCUT2D eigenvalue weighted by Gasteiger charge is -1.94. The maximum absolute atomic E-state index is 9.98. The Hall–Kier alpha value is -0.420. The predicted octanol–water partition coefficient (Wildman–Crippen LogP) is 0.514. The summed E-state index contributed by atoms with van der Waals surface area (Å²) in [6.45, 7) is 1.40. The van der Waals surface area contributed by atoms with Gasteiger partial charge in [0, 0.05) is 18.7 Å². The van der Waals surface area contributed by atoms with E-state index in [2.05, 4.69) is 21.2 Å². The molecule has 1 N–H and O–H groups in total. The molecule has 0 aromatic heterocycles. The van der Waals surface area contributed by atoms with Gasteiger partial charge in [-0.25, -0.2) is 0 Å². The number of hydrogen-bond donors (Lipinski definition) is 1. The van der Waals surface area contributed by atoms with E-state index < -0.39 is 4.92 Å². The Balaban J connectivity index is 2.62. The van der Waals surface area contributed by atoms with E-state index in [9.17, 15) is 10.1 Å². The Morgan fingerprint density at radius 3 is 3.00 bits per heavy atom. The maximum Gasteiger partial charge on any atom is 0.236 e. The molecular formula is C5H7BrN2O2. The van der Waals surface area contributed by atoms with Crippen LogP contribution in [0.1, 0.15) is 0 Å². The maximum atomic E-state index is 9.98. The van der Waals surface area contributed by atoms with Crippen molar-refractivity contribution in [2.45, 2.75) is 4.83 Å². The Morgan fingerprint density at radius 1 is 1.90 bits per heavy atom. The summed E-state index contributed by atoms with van der Waals surface area (Å²) in [5.74, 6) is 0. The fourth-order valence-corrected chi connectivity index (χ4v) is 1.36. The number of alkyl halides is 1. The number of nitrogens with zero attached hydrogens (tertiary/aromatic N) is 1. The van der Waals surface area contributed by atoms with Crippen LogP contribution in [0.2, 0.25) is 0 Å². The van der Waals surface area contributed by atoms with Crippen LogP contribution in [0.25, 0.3) is 0 Å². The highest BCUT2D eigenvalue weighted by atomic mass is 79.9. The smallest absolute Gasteiger partial charge is 0.236 e. The normalized spacial score (nSPS) is 29.3. The van der Waals surface area contributed by atoms with Crippen molar-refractivity contribution in [1.82, 2.24) is 5.32 Å². The molecule has 0 amide bonds. The van der Waals surface area contributed by atoms with Gasteiger partial charge in [-0.15, -0.1) is 0 Å². The van der Waals surface area contributed by atoms with E-state index in [4.69, 9.17) is 0 Å². The zero-order valence-corrected chi connectivity index (χ0v) is 6.80. The van der Waals surface area contributed by atoms with Gasteiger partial charge in [0.1, 0.15) is 0 Å². The third-order valence-corrected chi connectivity index (χ3v) is 2.24. The lowest BCUT2D eigenvalue weighted by atomic mass is 10.3. The molecule has 1 rings (SSSR count). The van der Waals surface area contributed by atoms with E-state index >= 15 is 0 Å². The minimum absolute atomic E-state index is 0.137. The summed E-state index contributed by atoms with van der Waals surface area (Å²) in [5.41, 5.74) is 0.810. The van der Waals surface area contributed by atoms with Crippen LogP contribution >= 0.6 is 15.9 Å². The molecule has 10 heavy (non-hydrogen) atoms. The second-order valence-corrected chi connectivity index (χ2v) is 3.19. The monoisotopic (exact) mass is 206 g/mol. The lowest BCUT2D eigenvalue weighted by Crippen LogP contribution is -2.07. The van der Waals surface area contributed by atoms with E-state index in [0.29, 0.717) is 6.54 Å². The van der Waals surface area contributed by atoms with Crippen LogP contribution in [-0.2, 0) is 0 Å². The molecule has 0 bridgehead atoms. The molecule has 0 aromatic rings. The second-order valence-electron chi connectivity index (χ2n) is 2.09. The summed E-state index contributed by atoms with van der Waals surface area (Å²) < 4.78 is 0. The van der Waals surface area contributed by atoms with Crippen molar-refractivity contribution in [2.24, 2.45) is 0 Å². The van der Waals surface area contributed by atoms with Crippen molar-refractivity contribution in [3.8, 4) is 0 Å². The highest BCUT2D eigenvalue weighted by Crippen LogP contribution is 2.15. The number of rotatable bonds is 1. The summed E-state index contributed by atoms with van der Waals surface area (Å²) in [5, 5.41) is 13.0. The molecule has 5 heteroatoms. The molecule has 1 atom stereocenters. The summed E-state index contributed by atoms with van der Waals surface area (Å²) in [4.78, 5) is 9.70. The third-order valence-electron chi connectivity index (χ3n) is 1.33. The SMILES string of the molecule is O=[N+]([O-])C=C1CNCC1Br. The molecule has 1 fully saturated rings. The topological polar surface area (TPSA) is 55.2 Å². The van der Waals surface area contributed by atoms with Gasteiger partial charge < -0.3 is 5.32 Å². The number of nitro groups is 1. The van der Waals surface area contributed by atoms with E-state index in [-0.39, 0.29) is 4.83 Å². The minimum Gasteiger partial charge on any atom is -0.311 e. The molecule has 0 spiro atoms. The van der Waals surface area contributed by atoms with Gasteiger partial charge in [-0.05, 0) is 0 Å². The molecule has 4 nitrogen and oxygen atoms in total. The van der Waals surface area contributed by atoms with Crippen molar-refractivity contribution in [2.75, 3.05) is 13.1 Å². The van der Waals surface area contributed by atoms with Gasteiger partial charge in [0.2, 0.25) is 6.20 Å². The molecule has 0 saturated carbocycles. The minimum atomic E-state index is -0.420. The molecule has 1 saturated heterocycles. The zero-order chi connectivity index (χ0) is 7.56. The summed E-state index contributed by atoms with van der Waals surface area (Å²) in [6.07, 6.45) is 1.05. The average Bonchev–Trinajstić information content (AvgIpc) is 2.15. The van der Waals surface area contributed by atoms with E-state index in [0.717, 1.165) is 18.3 Å². The predicted molar refractivity (Wildman–Crippen MR) is 40.7 cm³/mol. The number of nitrogens with one attached hydrogen (secondary N) is 1. The number of halogens is 1. The van der Waals surface area contributed by atoms with Crippen LogP contribution in [0.15, 0.2) is 11.8 Å². The first kappa shape index (κ1) is 7.68. The standard InChI is InChI=1S/C5H7BrN2O2/c6-5-2-7-1-4(5)3-8(9)10/h3,5,7H,1-2H2. The Labute approximate surface area is 66.6 Å². The Kier molecular flexibility index (Phi) is 2.39. The fourth-order valence-electron chi connectivity index (χ4n) is 0.847. The first-order valence-electron chi connectivity index (χ1n) is 2.89. The average molecular weight is 207 g/mol. The Morgan fingerprint density at radius 2 is 2.60 bits per heavy atom. The Bertz CT molecular complexity index is 180. The van der Waals surface area contributed by atoms with Crippen LogP contribution in [-0.4, -0.2) is 22.8 Å². The summed E-state index contributed by atoms with van der Waals surface area (Å²) in [6, 6.07) is 0. The van der Waals surface area contributed by atoms with Crippen LogP contribution in [0, 0.1) is 10.1 Å². The van der Waals surface area contributed by atoms with E-state index in [1.54, 1.807) is 0 Å². The largest absolute Gasteiger partial charge is 0.311 e. The fraction of sp³-hybridized carbons (Fsp3) is 0.600. The molecule has 0 aliphatic carbocycles. The molecule has 1 aliphatic rings. The first-order valence-corrected chi connectivity index (χ1v) is 3.80. The molecule has 0 radical (unpaired) electrons. The van der Waals surface area contributed by atoms with Gasteiger partial charge in [0.25, 0.3) is 0 Å². The summed E-state index contributed by atoms with van der Waals surface area (Å²) >= 11 is 3.30. The van der Waals surface area contributed by atoms with Crippen molar-refractivity contribution in [3.05, 3.63) is 21.9 Å². The molecular weight excluding hydrogens is 200 g/mol. The second kappa shape index (κ2) is 3.12. The molecule has 1 aliphatic heterocycles. The van der Waals surface area contributed by atoms with E-state index in [1.807, 2.05) is 0 Å². The van der Waals surface area contributed by atoms with Gasteiger partial charge in [0.05, 0.1) is 9.75 Å². The van der Waals surface area contributed by atoms with Crippen LogP contribution in [0.5, 0.6) is 0 Å². The highest BCUT2D eigenvalue weighted by molar-refractivity contribution is 9.09. The molecule has 1 heterocycles. The highest BCUT2D eigenvalue weighted by Gasteiger charge is 2.19. The summed E-state index contributed by atoms with van der Waals surface area (Å²) in [7, 11) is 0. The van der Waals surface area contributed by atoms with Gasteiger partial charge in [-0.1, -0.05) is 15.9 Å². The van der Waals surface area contributed by atoms with Crippen LogP contribution < -0.4 is 5.32 Å². The third kappa shape index (κ3) is 1.78. The molecule has 56 valence electrons. The molecule has 0 aromatic carbocycles. The van der Waals surface area contributed by atoms with Crippen LogP contribution in [0.3, 0.4) is 0 Å². The zero-order valence-electron chi connectivity index (χ0n) is 5.21. The van der Waals surface area contributed by atoms with Gasteiger partial charge >= 0.3 is 0 Å². The van der Waals surface area contributed by atoms with Gasteiger partial charge in [-0.3, -0.25) is 10.1 Å². The van der Waals surface area contributed by atoms with Crippen molar-refractivity contribution in [1.29, 1.82) is 0 Å². The van der Waals surface area contributed by atoms with Crippen molar-refractivity contribution < 1.29 is 4.92 Å². The first-order chi connectivity index (χ1) is 4.70. The lowest BCUT2D eigenvalue weighted by molar-refractivity contribution is -0.403. The number of hydrogen-bond acceptors (Lipinski definition) is 3. The van der Waals surface area contributed by atoms with Gasteiger partial charge in [0.15, 0.2) is 0 Å². The van der Waals surface area contributed by atoms with Crippen molar-refractivity contribution >= 4 is 15.9 Å². The van der Waals surface area contributed by atoms with Gasteiger partial charge in [-0.2, -0.15) is 0 Å². The quantitative estimate of drug-likeness (QED) is 0.387. The van der Waals surface area contributed by atoms with E-state index in [1.165, 1.54) is 0 Å². The molecule has 1 unspecified atom stereocenters. The van der Waals surface area contributed by atoms with Crippen molar-refractivity contribution in [3.63, 3.8) is 0 Å².